The van der Waals surface area contributed by atoms with E-state index in [4.69, 9.17) is 22.7 Å². The normalized spacial score (nSPS) is 16.1. The molecular formula is C17H26N2OS. The zero-order chi connectivity index (χ0) is 15.1. The van der Waals surface area contributed by atoms with E-state index in [0.29, 0.717) is 4.99 Å². The molecule has 116 valence electrons. The lowest BCUT2D eigenvalue weighted by Crippen LogP contribution is -2.39. The fraction of sp³-hybridized carbons (Fsp3) is 0.588. The van der Waals surface area contributed by atoms with Crippen LogP contribution in [0.4, 0.5) is 0 Å². The van der Waals surface area contributed by atoms with Crippen LogP contribution in [0.15, 0.2) is 24.3 Å². The predicted molar refractivity (Wildman–Crippen MR) is 91.9 cm³/mol. The smallest absolute Gasteiger partial charge is 0.119 e. The second kappa shape index (κ2) is 8.35. The molecule has 2 N–H and O–H groups in total. The molecule has 1 fully saturated rings. The van der Waals surface area contributed by atoms with Crippen molar-refractivity contribution < 1.29 is 4.74 Å². The molecule has 0 atom stereocenters. The van der Waals surface area contributed by atoms with Crippen molar-refractivity contribution in [2.75, 3.05) is 19.7 Å². The molecule has 21 heavy (non-hydrogen) atoms. The topological polar surface area (TPSA) is 38.5 Å². The second-order valence-corrected chi connectivity index (χ2v) is 6.10. The van der Waals surface area contributed by atoms with Crippen LogP contribution in [0.5, 0.6) is 5.75 Å². The molecular weight excluding hydrogens is 280 g/mol. The van der Waals surface area contributed by atoms with Gasteiger partial charge in [0.1, 0.15) is 17.3 Å². The molecule has 0 aromatic heterocycles. The molecule has 0 saturated heterocycles. The lowest BCUT2D eigenvalue weighted by molar-refractivity contribution is 0.137. The maximum absolute atomic E-state index is 5.84. The number of benzene rings is 1. The standard InChI is InChI=1S/C17H26N2OS/c1-2-19(15-6-4-3-5-7-15)12-13-20-16-10-8-14(9-11-16)17(18)21/h8-11,15H,2-7,12-13H2,1H3,(H2,18,21). The third-order valence-electron chi connectivity index (χ3n) is 4.28. The Kier molecular flexibility index (Phi) is 6.46. The van der Waals surface area contributed by atoms with Crippen molar-refractivity contribution in [3.63, 3.8) is 0 Å². The summed E-state index contributed by atoms with van der Waals surface area (Å²) in [4.78, 5) is 2.98. The van der Waals surface area contributed by atoms with Gasteiger partial charge in [0, 0.05) is 18.2 Å². The lowest BCUT2D eigenvalue weighted by Gasteiger charge is -2.33. The van der Waals surface area contributed by atoms with Crippen LogP contribution >= 0.6 is 12.2 Å². The van der Waals surface area contributed by atoms with Crippen LogP contribution in [0, 0.1) is 0 Å². The maximum Gasteiger partial charge on any atom is 0.119 e. The molecule has 0 heterocycles. The van der Waals surface area contributed by atoms with E-state index in [0.717, 1.165) is 37.1 Å². The van der Waals surface area contributed by atoms with Gasteiger partial charge >= 0.3 is 0 Å². The van der Waals surface area contributed by atoms with E-state index >= 15 is 0 Å². The average molecular weight is 306 g/mol. The van der Waals surface area contributed by atoms with Gasteiger partial charge in [-0.25, -0.2) is 0 Å². The van der Waals surface area contributed by atoms with Crippen molar-refractivity contribution >= 4 is 17.2 Å². The van der Waals surface area contributed by atoms with E-state index in [1.165, 1.54) is 32.1 Å². The Labute approximate surface area is 133 Å². The van der Waals surface area contributed by atoms with E-state index in [1.54, 1.807) is 0 Å². The van der Waals surface area contributed by atoms with Gasteiger partial charge in [-0.2, -0.15) is 0 Å². The Morgan fingerprint density at radius 2 is 1.90 bits per heavy atom. The van der Waals surface area contributed by atoms with E-state index in [2.05, 4.69) is 11.8 Å². The number of thiocarbonyl (C=S) groups is 1. The van der Waals surface area contributed by atoms with Crippen LogP contribution in [-0.4, -0.2) is 35.6 Å². The molecule has 4 heteroatoms. The molecule has 1 aliphatic carbocycles. The fourth-order valence-corrected chi connectivity index (χ4v) is 3.18. The van der Waals surface area contributed by atoms with Crippen LogP contribution in [-0.2, 0) is 0 Å². The molecule has 2 rings (SSSR count). The largest absolute Gasteiger partial charge is 0.492 e. The highest BCUT2D eigenvalue weighted by atomic mass is 32.1. The number of hydrogen-bond acceptors (Lipinski definition) is 3. The second-order valence-electron chi connectivity index (χ2n) is 5.66. The van der Waals surface area contributed by atoms with Gasteiger partial charge in [-0.1, -0.05) is 38.4 Å². The molecule has 0 unspecified atom stereocenters. The summed E-state index contributed by atoms with van der Waals surface area (Å²) >= 11 is 4.95. The van der Waals surface area contributed by atoms with Crippen LogP contribution in [0.2, 0.25) is 0 Å². The number of nitrogens with two attached hydrogens (primary N) is 1. The average Bonchev–Trinajstić information content (AvgIpc) is 2.53. The van der Waals surface area contributed by atoms with E-state index < -0.39 is 0 Å². The zero-order valence-corrected chi connectivity index (χ0v) is 13.7. The quantitative estimate of drug-likeness (QED) is 0.784. The molecule has 0 spiro atoms. The highest BCUT2D eigenvalue weighted by Crippen LogP contribution is 2.22. The molecule has 1 aromatic rings. The third-order valence-corrected chi connectivity index (χ3v) is 4.52. The SMILES string of the molecule is CCN(CCOc1ccc(C(N)=S)cc1)C1CCCCC1. The number of rotatable bonds is 7. The summed E-state index contributed by atoms with van der Waals surface area (Å²) in [6.07, 6.45) is 6.85. The predicted octanol–water partition coefficient (Wildman–Crippen LogP) is 3.35. The Bertz CT molecular complexity index is 441. The molecule has 0 aliphatic heterocycles. The maximum atomic E-state index is 5.84. The van der Waals surface area contributed by atoms with Crippen molar-refractivity contribution in [2.24, 2.45) is 5.73 Å². The summed E-state index contributed by atoms with van der Waals surface area (Å²) in [6, 6.07) is 8.45. The number of nitrogens with zero attached hydrogens (tertiary/aromatic N) is 1. The fourth-order valence-electron chi connectivity index (χ4n) is 3.04. The monoisotopic (exact) mass is 306 g/mol. The molecule has 1 saturated carbocycles. The highest BCUT2D eigenvalue weighted by molar-refractivity contribution is 7.80. The molecule has 1 aliphatic rings. The first kappa shape index (κ1) is 16.2. The lowest BCUT2D eigenvalue weighted by atomic mass is 9.94. The first-order valence-electron chi connectivity index (χ1n) is 7.97. The molecule has 0 bridgehead atoms. The van der Waals surface area contributed by atoms with Gasteiger partial charge in [0.15, 0.2) is 0 Å². The van der Waals surface area contributed by atoms with Crippen molar-refractivity contribution in [3.05, 3.63) is 29.8 Å². The van der Waals surface area contributed by atoms with Gasteiger partial charge in [0.2, 0.25) is 0 Å². The van der Waals surface area contributed by atoms with Crippen molar-refractivity contribution in [1.29, 1.82) is 0 Å². The minimum atomic E-state index is 0.427. The van der Waals surface area contributed by atoms with Gasteiger partial charge in [0.25, 0.3) is 0 Å². The van der Waals surface area contributed by atoms with Gasteiger partial charge < -0.3 is 10.5 Å². The van der Waals surface area contributed by atoms with Crippen LogP contribution in [0.3, 0.4) is 0 Å². The molecule has 0 radical (unpaired) electrons. The summed E-state index contributed by atoms with van der Waals surface area (Å²) in [6.45, 7) is 5.08. The Morgan fingerprint density at radius 3 is 2.48 bits per heavy atom. The molecule has 0 amide bonds. The van der Waals surface area contributed by atoms with Gasteiger partial charge in [-0.05, 0) is 43.7 Å². The summed E-state index contributed by atoms with van der Waals surface area (Å²) < 4.78 is 5.84. The van der Waals surface area contributed by atoms with Gasteiger partial charge in [-0.15, -0.1) is 0 Å². The summed E-state index contributed by atoms with van der Waals surface area (Å²) in [5.41, 5.74) is 6.47. The highest BCUT2D eigenvalue weighted by Gasteiger charge is 2.19. The minimum absolute atomic E-state index is 0.427. The molecule has 1 aromatic carbocycles. The number of likely N-dealkylation sites (N-methyl/N-ethyl adjacent to an activating group) is 1. The van der Waals surface area contributed by atoms with E-state index in [-0.39, 0.29) is 0 Å². The Hall–Kier alpha value is -1.13. The van der Waals surface area contributed by atoms with Crippen LogP contribution in [0.25, 0.3) is 0 Å². The minimum Gasteiger partial charge on any atom is -0.492 e. The number of ether oxygens (including phenoxy) is 1. The van der Waals surface area contributed by atoms with Crippen molar-refractivity contribution in [2.45, 2.75) is 45.1 Å². The Morgan fingerprint density at radius 1 is 1.24 bits per heavy atom. The Balaban J connectivity index is 1.77. The van der Waals surface area contributed by atoms with E-state index in [1.807, 2.05) is 24.3 Å². The first-order valence-corrected chi connectivity index (χ1v) is 8.38. The summed E-state index contributed by atoms with van der Waals surface area (Å²) in [7, 11) is 0. The summed E-state index contributed by atoms with van der Waals surface area (Å²) in [5, 5.41) is 0. The van der Waals surface area contributed by atoms with Crippen molar-refractivity contribution in [3.8, 4) is 5.75 Å². The zero-order valence-electron chi connectivity index (χ0n) is 12.9. The first-order chi connectivity index (χ1) is 10.2. The number of hydrogen-bond donors (Lipinski definition) is 1. The third kappa shape index (κ3) is 4.97. The molecule has 3 nitrogen and oxygen atoms in total. The van der Waals surface area contributed by atoms with Crippen molar-refractivity contribution in [1.82, 2.24) is 4.90 Å². The van der Waals surface area contributed by atoms with Gasteiger partial charge in [0.05, 0.1) is 0 Å². The van der Waals surface area contributed by atoms with Gasteiger partial charge in [-0.3, -0.25) is 4.90 Å². The van der Waals surface area contributed by atoms with E-state index in [9.17, 15) is 0 Å². The van der Waals surface area contributed by atoms with Crippen LogP contribution < -0.4 is 10.5 Å². The summed E-state index contributed by atoms with van der Waals surface area (Å²) in [5.74, 6) is 0.884. The van der Waals surface area contributed by atoms with Crippen LogP contribution in [0.1, 0.15) is 44.6 Å².